The van der Waals surface area contributed by atoms with Crippen molar-refractivity contribution < 1.29 is 4.79 Å². The minimum absolute atomic E-state index is 0.125. The van der Waals surface area contributed by atoms with E-state index in [2.05, 4.69) is 47.8 Å². The lowest BCUT2D eigenvalue weighted by Crippen LogP contribution is -2.23. The number of carbonyl (C=O) groups excluding carboxylic acids is 1. The normalized spacial score (nSPS) is 13.4. The summed E-state index contributed by atoms with van der Waals surface area (Å²) < 4.78 is 1.83. The Bertz CT molecular complexity index is 974. The van der Waals surface area contributed by atoms with Gasteiger partial charge < -0.3 is 10.6 Å². The molecule has 4 rings (SSSR count). The molecule has 5 nitrogen and oxygen atoms in total. The average molecular weight is 360 g/mol. The fourth-order valence-electron chi connectivity index (χ4n) is 3.39. The fraction of sp³-hybridized carbons (Fsp3) is 0.273. The van der Waals surface area contributed by atoms with E-state index in [0.717, 1.165) is 30.6 Å². The molecule has 1 aliphatic heterocycles. The Hall–Kier alpha value is -2.92. The molecule has 0 aliphatic carbocycles. The molecular weight excluding hydrogens is 336 g/mol. The molecule has 5 heteroatoms. The van der Waals surface area contributed by atoms with E-state index >= 15 is 0 Å². The molecular formula is C22H24N4O. The van der Waals surface area contributed by atoms with E-state index in [-0.39, 0.29) is 11.9 Å². The molecule has 2 heterocycles. The minimum atomic E-state index is -0.125. The summed E-state index contributed by atoms with van der Waals surface area (Å²) in [5.74, 6) is -0.125. The quantitative estimate of drug-likeness (QED) is 0.738. The van der Waals surface area contributed by atoms with E-state index in [1.165, 1.54) is 11.1 Å². The Morgan fingerprint density at radius 1 is 1.15 bits per heavy atom. The van der Waals surface area contributed by atoms with Crippen LogP contribution in [-0.4, -0.2) is 22.2 Å². The SMILES string of the molecule is CC(C)n1cc(NC(=O)c2cccc(-c3ccc4c(c3)CNCC4)c2)cn1. The molecule has 0 saturated carbocycles. The van der Waals surface area contributed by atoms with E-state index in [9.17, 15) is 4.79 Å². The number of hydrogen-bond donors (Lipinski definition) is 2. The molecule has 2 aromatic carbocycles. The topological polar surface area (TPSA) is 59.0 Å². The first kappa shape index (κ1) is 17.5. The summed E-state index contributed by atoms with van der Waals surface area (Å²) in [4.78, 5) is 12.7. The third kappa shape index (κ3) is 3.78. The van der Waals surface area contributed by atoms with Crippen molar-refractivity contribution in [3.05, 3.63) is 71.5 Å². The highest BCUT2D eigenvalue weighted by Crippen LogP contribution is 2.25. The van der Waals surface area contributed by atoms with Crippen LogP contribution in [0.3, 0.4) is 0 Å². The minimum Gasteiger partial charge on any atom is -0.319 e. The highest BCUT2D eigenvalue weighted by atomic mass is 16.1. The van der Waals surface area contributed by atoms with Crippen LogP contribution >= 0.6 is 0 Å². The molecule has 0 atom stereocenters. The predicted molar refractivity (Wildman–Crippen MR) is 108 cm³/mol. The monoisotopic (exact) mass is 360 g/mol. The zero-order valence-electron chi connectivity index (χ0n) is 15.7. The number of amides is 1. The van der Waals surface area contributed by atoms with Gasteiger partial charge in [-0.25, -0.2) is 0 Å². The Kier molecular flexibility index (Phi) is 4.77. The second-order valence-corrected chi connectivity index (χ2v) is 7.25. The number of nitrogens with one attached hydrogen (secondary N) is 2. The number of anilines is 1. The van der Waals surface area contributed by atoms with Crippen LogP contribution in [0.4, 0.5) is 5.69 Å². The van der Waals surface area contributed by atoms with E-state index in [1.54, 1.807) is 6.20 Å². The molecule has 0 saturated heterocycles. The van der Waals surface area contributed by atoms with Gasteiger partial charge in [0.15, 0.2) is 0 Å². The van der Waals surface area contributed by atoms with Gasteiger partial charge in [-0.15, -0.1) is 0 Å². The van der Waals surface area contributed by atoms with Crippen molar-refractivity contribution in [2.24, 2.45) is 0 Å². The van der Waals surface area contributed by atoms with Gasteiger partial charge in [-0.3, -0.25) is 9.48 Å². The molecule has 1 aromatic heterocycles. The van der Waals surface area contributed by atoms with Crippen molar-refractivity contribution in [2.75, 3.05) is 11.9 Å². The summed E-state index contributed by atoms with van der Waals surface area (Å²) in [6.07, 6.45) is 4.60. The summed E-state index contributed by atoms with van der Waals surface area (Å²) in [6.45, 7) is 6.05. The fourth-order valence-corrected chi connectivity index (χ4v) is 3.39. The highest BCUT2D eigenvalue weighted by molar-refractivity contribution is 6.04. The van der Waals surface area contributed by atoms with E-state index in [4.69, 9.17) is 0 Å². The Morgan fingerprint density at radius 3 is 2.81 bits per heavy atom. The molecule has 0 unspecified atom stereocenters. The summed E-state index contributed by atoms with van der Waals surface area (Å²) in [6, 6.07) is 14.6. The van der Waals surface area contributed by atoms with Gasteiger partial charge in [0.1, 0.15) is 0 Å². The summed E-state index contributed by atoms with van der Waals surface area (Å²) in [5.41, 5.74) is 6.29. The first-order valence-corrected chi connectivity index (χ1v) is 9.38. The Balaban J connectivity index is 1.55. The van der Waals surface area contributed by atoms with E-state index in [1.807, 2.05) is 35.1 Å². The number of benzene rings is 2. The smallest absolute Gasteiger partial charge is 0.255 e. The van der Waals surface area contributed by atoms with Gasteiger partial charge in [-0.2, -0.15) is 5.10 Å². The van der Waals surface area contributed by atoms with Crippen LogP contribution < -0.4 is 10.6 Å². The van der Waals surface area contributed by atoms with Crippen LogP contribution in [0.2, 0.25) is 0 Å². The van der Waals surface area contributed by atoms with Crippen LogP contribution in [0, 0.1) is 0 Å². The van der Waals surface area contributed by atoms with Crippen LogP contribution in [0.15, 0.2) is 54.9 Å². The van der Waals surface area contributed by atoms with Crippen LogP contribution in [-0.2, 0) is 13.0 Å². The van der Waals surface area contributed by atoms with Crippen molar-refractivity contribution in [1.82, 2.24) is 15.1 Å². The second-order valence-electron chi connectivity index (χ2n) is 7.25. The largest absolute Gasteiger partial charge is 0.319 e. The Morgan fingerprint density at radius 2 is 2.00 bits per heavy atom. The van der Waals surface area contributed by atoms with Gasteiger partial charge in [0.25, 0.3) is 5.91 Å². The predicted octanol–water partition coefficient (Wildman–Crippen LogP) is 4.03. The lowest BCUT2D eigenvalue weighted by Gasteiger charge is -2.18. The number of fused-ring (bicyclic) bond motifs is 1. The van der Waals surface area contributed by atoms with Crippen molar-refractivity contribution in [2.45, 2.75) is 32.9 Å². The van der Waals surface area contributed by atoms with E-state index < -0.39 is 0 Å². The number of hydrogen-bond acceptors (Lipinski definition) is 3. The van der Waals surface area contributed by atoms with Crippen molar-refractivity contribution in [3.8, 4) is 11.1 Å². The first-order valence-electron chi connectivity index (χ1n) is 9.38. The van der Waals surface area contributed by atoms with Crippen LogP contribution in [0.5, 0.6) is 0 Å². The van der Waals surface area contributed by atoms with Crippen molar-refractivity contribution in [3.63, 3.8) is 0 Å². The zero-order chi connectivity index (χ0) is 18.8. The maximum atomic E-state index is 12.7. The standard InChI is InChI=1S/C22H24N4O/c1-15(2)26-14-21(13-24-26)25-22(27)19-5-3-4-17(10-19)18-7-6-16-8-9-23-12-20(16)11-18/h3-7,10-11,13-15,23H,8-9,12H2,1-2H3,(H,25,27). The van der Waals surface area contributed by atoms with Crippen molar-refractivity contribution in [1.29, 1.82) is 0 Å². The highest BCUT2D eigenvalue weighted by Gasteiger charge is 2.12. The third-order valence-corrected chi connectivity index (χ3v) is 4.94. The molecule has 0 radical (unpaired) electrons. The van der Waals surface area contributed by atoms with Gasteiger partial charge in [-0.1, -0.05) is 24.3 Å². The number of carbonyl (C=O) groups is 1. The first-order chi connectivity index (χ1) is 13.1. The molecule has 0 fully saturated rings. The number of aromatic nitrogens is 2. The molecule has 0 spiro atoms. The van der Waals surface area contributed by atoms with Gasteiger partial charge in [0.2, 0.25) is 0 Å². The summed E-state index contributed by atoms with van der Waals surface area (Å²) in [5, 5.41) is 10.6. The number of nitrogens with zero attached hydrogens (tertiary/aromatic N) is 2. The van der Waals surface area contributed by atoms with Crippen LogP contribution in [0.25, 0.3) is 11.1 Å². The van der Waals surface area contributed by atoms with Gasteiger partial charge >= 0.3 is 0 Å². The Labute approximate surface area is 159 Å². The number of rotatable bonds is 4. The zero-order valence-corrected chi connectivity index (χ0v) is 15.7. The molecule has 1 amide bonds. The van der Waals surface area contributed by atoms with Crippen LogP contribution in [0.1, 0.15) is 41.4 Å². The molecule has 138 valence electrons. The van der Waals surface area contributed by atoms with Crippen molar-refractivity contribution >= 4 is 11.6 Å². The third-order valence-electron chi connectivity index (χ3n) is 4.94. The lowest BCUT2D eigenvalue weighted by atomic mass is 9.95. The molecule has 1 aliphatic rings. The van der Waals surface area contributed by atoms with Gasteiger partial charge in [0, 0.05) is 24.3 Å². The molecule has 2 N–H and O–H groups in total. The molecule has 27 heavy (non-hydrogen) atoms. The molecule has 3 aromatic rings. The van der Waals surface area contributed by atoms with Gasteiger partial charge in [-0.05, 0) is 67.3 Å². The maximum absolute atomic E-state index is 12.7. The lowest BCUT2D eigenvalue weighted by molar-refractivity contribution is 0.102. The summed E-state index contributed by atoms with van der Waals surface area (Å²) >= 11 is 0. The molecule has 0 bridgehead atoms. The maximum Gasteiger partial charge on any atom is 0.255 e. The van der Waals surface area contributed by atoms with E-state index in [0.29, 0.717) is 11.3 Å². The summed E-state index contributed by atoms with van der Waals surface area (Å²) in [7, 11) is 0. The average Bonchev–Trinajstić information content (AvgIpc) is 3.16. The second kappa shape index (κ2) is 7.37. The van der Waals surface area contributed by atoms with Gasteiger partial charge in [0.05, 0.1) is 11.9 Å².